The predicted molar refractivity (Wildman–Crippen MR) is 86.1 cm³/mol. The summed E-state index contributed by atoms with van der Waals surface area (Å²) >= 11 is 4.96. The molecule has 6 heteroatoms. The van der Waals surface area contributed by atoms with Gasteiger partial charge in [-0.1, -0.05) is 15.9 Å². The van der Waals surface area contributed by atoms with Crippen LogP contribution in [-0.4, -0.2) is 23.2 Å². The highest BCUT2D eigenvalue weighted by Gasteiger charge is 2.36. The molecule has 0 spiro atoms. The number of hydrogen-bond donors (Lipinski definition) is 0. The van der Waals surface area contributed by atoms with Crippen molar-refractivity contribution in [1.29, 1.82) is 0 Å². The fourth-order valence-corrected chi connectivity index (χ4v) is 3.94. The molecule has 0 fully saturated rings. The van der Waals surface area contributed by atoms with Crippen molar-refractivity contribution in [1.82, 2.24) is 4.98 Å². The van der Waals surface area contributed by atoms with E-state index in [2.05, 4.69) is 20.9 Å². The van der Waals surface area contributed by atoms with Crippen LogP contribution in [0.2, 0.25) is 0 Å². The maximum absolute atomic E-state index is 12.2. The number of benzene rings is 1. The zero-order valence-electron chi connectivity index (χ0n) is 11.6. The summed E-state index contributed by atoms with van der Waals surface area (Å²) in [5, 5.41) is 0. The van der Waals surface area contributed by atoms with Crippen LogP contribution in [0.5, 0.6) is 0 Å². The van der Waals surface area contributed by atoms with Gasteiger partial charge in [0.25, 0.3) is 11.7 Å². The lowest BCUT2D eigenvalue weighted by molar-refractivity contribution is -0.114. The fraction of sp³-hybridized carbons (Fsp3) is 0.267. The van der Waals surface area contributed by atoms with E-state index in [1.54, 1.807) is 27.8 Å². The van der Waals surface area contributed by atoms with Gasteiger partial charge in [0.1, 0.15) is 0 Å². The lowest BCUT2D eigenvalue weighted by Crippen LogP contribution is -2.32. The number of hydrogen-bond acceptors (Lipinski definition) is 4. The van der Waals surface area contributed by atoms with Crippen molar-refractivity contribution in [3.05, 3.63) is 43.8 Å². The maximum Gasteiger partial charge on any atom is 0.299 e. The van der Waals surface area contributed by atoms with E-state index in [1.807, 2.05) is 19.9 Å². The number of thiazole rings is 1. The van der Waals surface area contributed by atoms with Crippen molar-refractivity contribution in [2.75, 3.05) is 11.4 Å². The fourth-order valence-electron chi connectivity index (χ4n) is 2.60. The van der Waals surface area contributed by atoms with E-state index < -0.39 is 11.7 Å². The smallest absolute Gasteiger partial charge is 0.299 e. The van der Waals surface area contributed by atoms with Gasteiger partial charge in [-0.15, -0.1) is 11.3 Å². The normalized spacial score (nSPS) is 14.0. The van der Waals surface area contributed by atoms with Crippen molar-refractivity contribution >= 4 is 44.6 Å². The van der Waals surface area contributed by atoms with Gasteiger partial charge in [0.2, 0.25) is 0 Å². The second kappa shape index (κ2) is 5.35. The van der Waals surface area contributed by atoms with E-state index in [4.69, 9.17) is 0 Å². The monoisotopic (exact) mass is 364 g/mol. The SMILES string of the molecule is Cc1cc(Br)cc2c1N(CCc1scnc1C)C(=O)C2=O. The number of Topliss-reactive ketones (excluding diaryl/α,β-unsaturated/α-hetero) is 1. The number of ketones is 1. The second-order valence-corrected chi connectivity index (χ2v) is 6.87. The number of aryl methyl sites for hydroxylation is 2. The molecule has 108 valence electrons. The highest BCUT2D eigenvalue weighted by atomic mass is 79.9. The van der Waals surface area contributed by atoms with Crippen molar-refractivity contribution < 1.29 is 9.59 Å². The van der Waals surface area contributed by atoms with Crippen LogP contribution in [0.25, 0.3) is 0 Å². The molecule has 0 radical (unpaired) electrons. The number of rotatable bonds is 3. The summed E-state index contributed by atoms with van der Waals surface area (Å²) in [7, 11) is 0. The minimum absolute atomic E-state index is 0.421. The summed E-state index contributed by atoms with van der Waals surface area (Å²) in [4.78, 5) is 31.3. The Morgan fingerprint density at radius 1 is 1.29 bits per heavy atom. The first-order valence-corrected chi connectivity index (χ1v) is 8.21. The average Bonchev–Trinajstić information content (AvgIpc) is 2.93. The zero-order valence-corrected chi connectivity index (χ0v) is 14.0. The Kier molecular flexibility index (Phi) is 3.67. The quantitative estimate of drug-likeness (QED) is 0.785. The molecule has 1 amide bonds. The van der Waals surface area contributed by atoms with Gasteiger partial charge in [-0.3, -0.25) is 9.59 Å². The van der Waals surface area contributed by atoms with Crippen LogP contribution in [-0.2, 0) is 11.2 Å². The van der Waals surface area contributed by atoms with Crippen LogP contribution in [0.1, 0.15) is 26.5 Å². The maximum atomic E-state index is 12.2. The third kappa shape index (κ3) is 2.42. The number of carbonyl (C=O) groups is 2. The van der Waals surface area contributed by atoms with Crippen LogP contribution < -0.4 is 4.90 Å². The third-order valence-electron chi connectivity index (χ3n) is 3.63. The van der Waals surface area contributed by atoms with E-state index >= 15 is 0 Å². The van der Waals surface area contributed by atoms with Crippen molar-refractivity contribution in [2.45, 2.75) is 20.3 Å². The summed E-state index contributed by atoms with van der Waals surface area (Å²) < 4.78 is 0.819. The minimum Gasteiger partial charge on any atom is -0.304 e. The first kappa shape index (κ1) is 14.4. The van der Waals surface area contributed by atoms with Crippen molar-refractivity contribution in [3.8, 4) is 0 Å². The Morgan fingerprint density at radius 3 is 2.71 bits per heavy atom. The van der Waals surface area contributed by atoms with Gasteiger partial charge in [0, 0.05) is 22.3 Å². The minimum atomic E-state index is -0.437. The largest absolute Gasteiger partial charge is 0.304 e. The highest BCUT2D eigenvalue weighted by Crippen LogP contribution is 2.35. The third-order valence-corrected chi connectivity index (χ3v) is 5.08. The van der Waals surface area contributed by atoms with Crippen LogP contribution in [0.15, 0.2) is 22.1 Å². The van der Waals surface area contributed by atoms with Gasteiger partial charge in [-0.2, -0.15) is 0 Å². The number of amides is 1. The lowest BCUT2D eigenvalue weighted by atomic mass is 10.1. The standard InChI is InChI=1S/C15H13BrN2O2S/c1-8-5-10(16)6-11-13(8)18(15(20)14(11)19)4-3-12-9(2)17-7-21-12/h5-7H,3-4H2,1-2H3. The van der Waals surface area contributed by atoms with Gasteiger partial charge >= 0.3 is 0 Å². The number of carbonyl (C=O) groups excluding carboxylic acids is 2. The van der Waals surface area contributed by atoms with E-state index in [1.165, 1.54) is 0 Å². The number of halogens is 1. The molecule has 2 heterocycles. The molecule has 3 rings (SSSR count). The van der Waals surface area contributed by atoms with Gasteiger partial charge < -0.3 is 4.90 Å². The topological polar surface area (TPSA) is 50.3 Å². The Bertz CT molecular complexity index is 754. The molecular formula is C15H13BrN2O2S. The Hall–Kier alpha value is -1.53. The molecule has 0 unspecified atom stereocenters. The second-order valence-electron chi connectivity index (χ2n) is 5.02. The Balaban J connectivity index is 1.93. The zero-order chi connectivity index (χ0) is 15.1. The molecule has 1 aromatic heterocycles. The van der Waals surface area contributed by atoms with Crippen LogP contribution >= 0.6 is 27.3 Å². The van der Waals surface area contributed by atoms with Gasteiger partial charge in [-0.25, -0.2) is 4.98 Å². The van der Waals surface area contributed by atoms with Gasteiger partial charge in [-0.05, 0) is 31.5 Å². The summed E-state index contributed by atoms with van der Waals surface area (Å²) in [6.07, 6.45) is 0.713. The molecule has 21 heavy (non-hydrogen) atoms. The first-order valence-electron chi connectivity index (χ1n) is 6.54. The molecule has 4 nitrogen and oxygen atoms in total. The molecule has 1 aliphatic rings. The number of nitrogens with zero attached hydrogens (tertiary/aromatic N) is 2. The van der Waals surface area contributed by atoms with Crippen LogP contribution in [0, 0.1) is 13.8 Å². The summed E-state index contributed by atoms with van der Waals surface area (Å²) in [5.74, 6) is -0.858. The molecule has 0 N–H and O–H groups in total. The molecule has 0 aliphatic carbocycles. The van der Waals surface area contributed by atoms with Crippen LogP contribution in [0.4, 0.5) is 5.69 Å². The van der Waals surface area contributed by atoms with E-state index in [9.17, 15) is 9.59 Å². The van der Waals surface area contributed by atoms with E-state index in [0.717, 1.165) is 26.3 Å². The number of fused-ring (bicyclic) bond motifs is 1. The average molecular weight is 365 g/mol. The summed E-state index contributed by atoms with van der Waals surface area (Å²) in [5.41, 5.74) is 4.96. The first-order chi connectivity index (χ1) is 9.99. The Labute approximate surface area is 134 Å². The molecular weight excluding hydrogens is 352 g/mol. The molecule has 0 bridgehead atoms. The predicted octanol–water partition coefficient (Wildman–Crippen LogP) is 3.29. The lowest BCUT2D eigenvalue weighted by Gasteiger charge is -2.18. The highest BCUT2D eigenvalue weighted by molar-refractivity contribution is 9.10. The molecule has 0 saturated heterocycles. The van der Waals surface area contributed by atoms with Gasteiger partial charge in [0.05, 0.1) is 22.5 Å². The molecule has 1 aromatic carbocycles. The molecule has 2 aromatic rings. The van der Waals surface area contributed by atoms with E-state index in [-0.39, 0.29) is 0 Å². The van der Waals surface area contributed by atoms with Crippen LogP contribution in [0.3, 0.4) is 0 Å². The summed E-state index contributed by atoms with van der Waals surface area (Å²) in [6, 6.07) is 3.65. The molecule has 1 aliphatic heterocycles. The molecule has 0 saturated carbocycles. The molecule has 0 atom stereocenters. The summed E-state index contributed by atoms with van der Waals surface area (Å²) in [6.45, 7) is 4.38. The Morgan fingerprint density at radius 2 is 2.05 bits per heavy atom. The van der Waals surface area contributed by atoms with Crippen molar-refractivity contribution in [3.63, 3.8) is 0 Å². The number of anilines is 1. The van der Waals surface area contributed by atoms with Gasteiger partial charge in [0.15, 0.2) is 0 Å². The number of aromatic nitrogens is 1. The van der Waals surface area contributed by atoms with Crippen molar-refractivity contribution in [2.24, 2.45) is 0 Å². The van der Waals surface area contributed by atoms with E-state index in [0.29, 0.717) is 18.5 Å².